The topological polar surface area (TPSA) is 158 Å². The predicted molar refractivity (Wildman–Crippen MR) is 145 cm³/mol. The average Bonchev–Trinajstić information content (AvgIpc) is 2.92. The zero-order chi connectivity index (χ0) is 31.4. The molecule has 0 N–H and O–H groups in total. The Hall–Kier alpha value is -3.64. The normalized spacial score (nSPS) is 13.5. The van der Waals surface area contributed by atoms with Crippen molar-refractivity contribution in [3.8, 4) is 5.75 Å². The third-order valence-corrected chi connectivity index (χ3v) is 6.05. The Morgan fingerprint density at radius 3 is 1.66 bits per heavy atom. The van der Waals surface area contributed by atoms with Crippen LogP contribution in [0.1, 0.15) is 58.3 Å². The minimum absolute atomic E-state index is 0.0110. The number of carbonyl (C=O) groups excluding carboxylic acids is 6. The molecule has 0 saturated heterocycles. The third-order valence-electron chi connectivity index (χ3n) is 5.19. The van der Waals surface area contributed by atoms with Crippen molar-refractivity contribution < 1.29 is 57.2 Å². The molecule has 0 aliphatic heterocycles. The minimum atomic E-state index is -1.48. The van der Waals surface area contributed by atoms with Gasteiger partial charge in [0.05, 0.1) is 11.6 Å². The summed E-state index contributed by atoms with van der Waals surface area (Å²) >= 11 is 12.3. The van der Waals surface area contributed by atoms with Gasteiger partial charge in [-0.2, -0.15) is 0 Å². The quantitative estimate of drug-likeness (QED) is 0.121. The molecular weight excluding hydrogens is 587 g/mol. The SMILES string of the molecule is C=C(CC)C(=O)c1ccc(OCC(=O)O[C@@H](C)C(=O)O[C@@H](C)C(=O)O[C@@H](C)C(=O)O[C@@H](C)C(=O)OCC)c(Cl)c1Cl. The van der Waals surface area contributed by atoms with Gasteiger partial charge in [0.15, 0.2) is 36.8 Å². The fourth-order valence-electron chi connectivity index (χ4n) is 2.80. The van der Waals surface area contributed by atoms with Crippen molar-refractivity contribution in [1.82, 2.24) is 0 Å². The molecule has 41 heavy (non-hydrogen) atoms. The highest BCUT2D eigenvalue weighted by molar-refractivity contribution is 6.45. The van der Waals surface area contributed by atoms with E-state index in [-0.39, 0.29) is 33.7 Å². The van der Waals surface area contributed by atoms with Crippen LogP contribution in [0.4, 0.5) is 0 Å². The number of hydrogen-bond donors (Lipinski definition) is 0. The molecule has 0 unspecified atom stereocenters. The van der Waals surface area contributed by atoms with E-state index in [0.717, 1.165) is 0 Å². The summed E-state index contributed by atoms with van der Waals surface area (Å²) in [6, 6.07) is 2.72. The van der Waals surface area contributed by atoms with E-state index in [0.29, 0.717) is 12.0 Å². The number of halogens is 2. The number of carbonyl (C=O) groups is 6. The number of benzene rings is 1. The Bertz CT molecular complexity index is 1180. The molecule has 0 heterocycles. The first-order valence-electron chi connectivity index (χ1n) is 12.4. The monoisotopic (exact) mass is 618 g/mol. The fraction of sp³-hybridized carbons (Fsp3) is 0.481. The van der Waals surface area contributed by atoms with Gasteiger partial charge in [0.1, 0.15) is 10.8 Å². The summed E-state index contributed by atoms with van der Waals surface area (Å²) in [5, 5.41) is -0.187. The fourth-order valence-corrected chi connectivity index (χ4v) is 3.26. The lowest BCUT2D eigenvalue weighted by molar-refractivity contribution is -0.185. The molecule has 0 amide bonds. The van der Waals surface area contributed by atoms with Gasteiger partial charge >= 0.3 is 29.8 Å². The van der Waals surface area contributed by atoms with E-state index in [9.17, 15) is 28.8 Å². The van der Waals surface area contributed by atoms with Gasteiger partial charge in [0.2, 0.25) is 0 Å². The van der Waals surface area contributed by atoms with Gasteiger partial charge in [0.25, 0.3) is 0 Å². The standard InChI is InChI=1S/C27H32Cl2O12/c1-8-13(3)23(31)18-10-11-19(22(29)21(18)28)37-12-20(30)38-15(5)25(33)40-17(7)27(35)41-16(6)26(34)39-14(4)24(32)36-9-2/h10-11,14-17H,3,8-9,12H2,1-2,4-7H3/t14-,15-,16-,17-/m0/s1. The third kappa shape index (κ3) is 10.7. The molecule has 0 radical (unpaired) electrons. The maximum absolute atomic E-state index is 12.3. The van der Waals surface area contributed by atoms with Crippen LogP contribution in [0.15, 0.2) is 24.3 Å². The molecule has 12 nitrogen and oxygen atoms in total. The smallest absolute Gasteiger partial charge is 0.347 e. The molecule has 226 valence electrons. The highest BCUT2D eigenvalue weighted by atomic mass is 35.5. The summed E-state index contributed by atoms with van der Waals surface area (Å²) in [6.45, 7) is 11.3. The number of rotatable bonds is 15. The van der Waals surface area contributed by atoms with Crippen molar-refractivity contribution in [2.75, 3.05) is 13.2 Å². The van der Waals surface area contributed by atoms with E-state index in [1.807, 2.05) is 0 Å². The van der Waals surface area contributed by atoms with Gasteiger partial charge in [-0.15, -0.1) is 0 Å². The van der Waals surface area contributed by atoms with Gasteiger partial charge in [0, 0.05) is 5.56 Å². The Morgan fingerprint density at radius 1 is 0.732 bits per heavy atom. The Kier molecular flexibility index (Phi) is 14.3. The van der Waals surface area contributed by atoms with Crippen LogP contribution in [0.3, 0.4) is 0 Å². The predicted octanol–water partition coefficient (Wildman–Crippen LogP) is 3.81. The van der Waals surface area contributed by atoms with E-state index >= 15 is 0 Å². The molecule has 0 aliphatic rings. The molecule has 14 heteroatoms. The highest BCUT2D eigenvalue weighted by Crippen LogP contribution is 2.35. The van der Waals surface area contributed by atoms with Crippen molar-refractivity contribution in [1.29, 1.82) is 0 Å². The van der Waals surface area contributed by atoms with Crippen LogP contribution < -0.4 is 4.74 Å². The first-order chi connectivity index (χ1) is 19.1. The highest BCUT2D eigenvalue weighted by Gasteiger charge is 2.30. The van der Waals surface area contributed by atoms with E-state index < -0.39 is 60.9 Å². The Morgan fingerprint density at radius 2 is 1.20 bits per heavy atom. The van der Waals surface area contributed by atoms with E-state index in [2.05, 4.69) is 6.58 Å². The van der Waals surface area contributed by atoms with Crippen LogP contribution in [0.25, 0.3) is 0 Å². The first kappa shape index (κ1) is 35.4. The van der Waals surface area contributed by atoms with Gasteiger partial charge in [-0.25, -0.2) is 24.0 Å². The summed E-state index contributed by atoms with van der Waals surface area (Å²) < 4.78 is 29.7. The molecule has 0 saturated carbocycles. The van der Waals surface area contributed by atoms with Crippen molar-refractivity contribution in [3.63, 3.8) is 0 Å². The van der Waals surface area contributed by atoms with Crippen LogP contribution in [0.2, 0.25) is 10.0 Å². The van der Waals surface area contributed by atoms with Crippen molar-refractivity contribution in [2.24, 2.45) is 0 Å². The molecule has 1 rings (SSSR count). The van der Waals surface area contributed by atoms with Gasteiger partial charge in [-0.3, -0.25) is 4.79 Å². The summed E-state index contributed by atoms with van der Waals surface area (Å²) in [4.78, 5) is 72.6. The summed E-state index contributed by atoms with van der Waals surface area (Å²) in [7, 11) is 0. The number of ketones is 1. The number of ether oxygens (including phenoxy) is 6. The molecule has 0 bridgehead atoms. The Balaban J connectivity index is 2.60. The summed E-state index contributed by atoms with van der Waals surface area (Å²) in [5.74, 6) is -5.35. The molecule has 4 atom stereocenters. The van der Waals surface area contributed by atoms with Crippen molar-refractivity contribution in [2.45, 2.75) is 72.4 Å². The summed E-state index contributed by atoms with van der Waals surface area (Å²) in [6.07, 6.45) is -5.16. The molecule has 0 aliphatic carbocycles. The Labute approximate surface area is 247 Å². The van der Waals surface area contributed by atoms with Crippen LogP contribution in [-0.4, -0.2) is 73.3 Å². The number of allylic oxidation sites excluding steroid dienone is 1. The number of Topliss-reactive ketones (excluding diaryl/α,β-unsaturated/α-hetero) is 1. The largest absolute Gasteiger partial charge is 0.480 e. The van der Waals surface area contributed by atoms with E-state index in [1.165, 1.54) is 39.8 Å². The molecule has 1 aromatic carbocycles. The number of esters is 5. The van der Waals surface area contributed by atoms with Gasteiger partial charge in [-0.05, 0) is 58.7 Å². The van der Waals surface area contributed by atoms with E-state index in [1.54, 1.807) is 13.8 Å². The maximum Gasteiger partial charge on any atom is 0.347 e. The zero-order valence-electron chi connectivity index (χ0n) is 23.4. The maximum atomic E-state index is 12.3. The zero-order valence-corrected chi connectivity index (χ0v) is 25.0. The second-order valence-corrected chi connectivity index (χ2v) is 9.19. The van der Waals surface area contributed by atoms with E-state index in [4.69, 9.17) is 51.6 Å². The number of hydrogen-bond acceptors (Lipinski definition) is 12. The molecule has 0 fully saturated rings. The molecule has 0 spiro atoms. The second kappa shape index (κ2) is 16.6. The summed E-state index contributed by atoms with van der Waals surface area (Å²) in [5.41, 5.74) is 0.460. The van der Waals surface area contributed by atoms with Crippen LogP contribution in [0, 0.1) is 0 Å². The van der Waals surface area contributed by atoms with Crippen molar-refractivity contribution >= 4 is 58.8 Å². The second-order valence-electron chi connectivity index (χ2n) is 8.44. The molecule has 0 aromatic heterocycles. The lowest BCUT2D eigenvalue weighted by atomic mass is 10.0. The van der Waals surface area contributed by atoms with Gasteiger partial charge < -0.3 is 28.4 Å². The minimum Gasteiger partial charge on any atom is -0.480 e. The van der Waals surface area contributed by atoms with Crippen LogP contribution in [0.5, 0.6) is 5.75 Å². The lowest BCUT2D eigenvalue weighted by Crippen LogP contribution is -2.37. The first-order valence-corrected chi connectivity index (χ1v) is 13.2. The molecule has 1 aromatic rings. The average molecular weight is 619 g/mol. The lowest BCUT2D eigenvalue weighted by Gasteiger charge is -2.19. The van der Waals surface area contributed by atoms with Crippen LogP contribution >= 0.6 is 23.2 Å². The molecular formula is C27H32Cl2O12. The van der Waals surface area contributed by atoms with Gasteiger partial charge in [-0.1, -0.05) is 36.7 Å². The van der Waals surface area contributed by atoms with Crippen molar-refractivity contribution in [3.05, 3.63) is 39.9 Å². The van der Waals surface area contributed by atoms with Crippen LogP contribution in [-0.2, 0) is 47.7 Å².